The lowest BCUT2D eigenvalue weighted by atomic mass is 9.97. The average molecular weight is 237 g/mol. The summed E-state index contributed by atoms with van der Waals surface area (Å²) in [6.45, 7) is 6.73. The van der Waals surface area contributed by atoms with Gasteiger partial charge in [-0.05, 0) is 65.1 Å². The van der Waals surface area contributed by atoms with Crippen molar-refractivity contribution in [1.82, 2.24) is 10.2 Å². The molecule has 3 heteroatoms. The van der Waals surface area contributed by atoms with E-state index in [0.29, 0.717) is 0 Å². The summed E-state index contributed by atoms with van der Waals surface area (Å²) in [5, 5.41) is 12.1. The summed E-state index contributed by atoms with van der Waals surface area (Å²) in [5.41, 5.74) is -0.344. The molecule has 1 aliphatic rings. The van der Waals surface area contributed by atoms with Gasteiger partial charge in [0.25, 0.3) is 0 Å². The van der Waals surface area contributed by atoms with Gasteiger partial charge in [-0.3, -0.25) is 0 Å². The molecule has 0 aliphatic heterocycles. The van der Waals surface area contributed by atoms with Gasteiger partial charge in [-0.15, -0.1) is 0 Å². The van der Waals surface area contributed by atoms with Crippen molar-refractivity contribution < 1.29 is 0 Å². The lowest BCUT2D eigenvalue weighted by Gasteiger charge is -2.21. The molecule has 0 amide bonds. The number of nitriles is 1. The fraction of sp³-hybridized carbons (Fsp3) is 0.929. The zero-order valence-corrected chi connectivity index (χ0v) is 11.8. The molecule has 3 unspecified atom stereocenters. The number of nitrogens with zero attached hydrogens (tertiary/aromatic N) is 2. The molecular weight excluding hydrogens is 210 g/mol. The smallest absolute Gasteiger partial charge is 0.103 e. The molecule has 0 saturated heterocycles. The lowest BCUT2D eigenvalue weighted by Crippen LogP contribution is -2.38. The Labute approximate surface area is 106 Å². The van der Waals surface area contributed by atoms with Crippen LogP contribution in [0, 0.1) is 23.2 Å². The highest BCUT2D eigenvalue weighted by molar-refractivity contribution is 5.02. The van der Waals surface area contributed by atoms with Gasteiger partial charge in [-0.25, -0.2) is 0 Å². The third-order valence-corrected chi connectivity index (χ3v) is 4.09. The summed E-state index contributed by atoms with van der Waals surface area (Å²) < 4.78 is 0. The molecule has 17 heavy (non-hydrogen) atoms. The van der Waals surface area contributed by atoms with Crippen LogP contribution >= 0.6 is 0 Å². The minimum Gasteiger partial charge on any atom is -0.306 e. The monoisotopic (exact) mass is 237 g/mol. The molecule has 1 saturated carbocycles. The second-order valence-electron chi connectivity index (χ2n) is 5.89. The van der Waals surface area contributed by atoms with Crippen LogP contribution in [0.15, 0.2) is 0 Å². The van der Waals surface area contributed by atoms with Crippen molar-refractivity contribution >= 4 is 0 Å². The van der Waals surface area contributed by atoms with Crippen LogP contribution in [-0.2, 0) is 0 Å². The molecule has 1 rings (SSSR count). The summed E-state index contributed by atoms with van der Waals surface area (Å²) >= 11 is 0. The summed E-state index contributed by atoms with van der Waals surface area (Å²) in [6, 6.07) is 2.34. The van der Waals surface area contributed by atoms with Crippen molar-refractivity contribution in [3.05, 3.63) is 0 Å². The number of unbranched alkanes of at least 4 members (excludes halogenated alkanes) is 1. The maximum Gasteiger partial charge on any atom is 0.103 e. The number of hydrogen-bond acceptors (Lipinski definition) is 3. The Morgan fingerprint density at radius 3 is 2.59 bits per heavy atom. The van der Waals surface area contributed by atoms with E-state index >= 15 is 0 Å². The topological polar surface area (TPSA) is 39.1 Å². The van der Waals surface area contributed by atoms with Crippen molar-refractivity contribution in [2.75, 3.05) is 27.2 Å². The Morgan fingerprint density at radius 1 is 1.47 bits per heavy atom. The highest BCUT2D eigenvalue weighted by Crippen LogP contribution is 2.37. The van der Waals surface area contributed by atoms with Crippen LogP contribution in [0.5, 0.6) is 0 Å². The van der Waals surface area contributed by atoms with Crippen LogP contribution in [0.25, 0.3) is 0 Å². The first-order valence-electron chi connectivity index (χ1n) is 6.79. The molecule has 0 bridgehead atoms. The third kappa shape index (κ3) is 5.06. The first-order chi connectivity index (χ1) is 8.00. The molecule has 1 N–H and O–H groups in total. The zero-order chi connectivity index (χ0) is 12.9. The predicted octanol–water partition coefficient (Wildman–Crippen LogP) is 2.25. The fourth-order valence-electron chi connectivity index (χ4n) is 2.24. The van der Waals surface area contributed by atoms with E-state index in [-0.39, 0.29) is 5.54 Å². The van der Waals surface area contributed by atoms with Gasteiger partial charge in [0.15, 0.2) is 0 Å². The van der Waals surface area contributed by atoms with Crippen molar-refractivity contribution in [2.45, 2.75) is 45.1 Å². The molecule has 3 nitrogen and oxygen atoms in total. The van der Waals surface area contributed by atoms with Crippen LogP contribution in [-0.4, -0.2) is 37.6 Å². The molecule has 3 atom stereocenters. The Morgan fingerprint density at radius 2 is 2.12 bits per heavy atom. The van der Waals surface area contributed by atoms with E-state index in [1.165, 1.54) is 19.4 Å². The van der Waals surface area contributed by atoms with Crippen molar-refractivity contribution in [3.8, 4) is 6.07 Å². The predicted molar refractivity (Wildman–Crippen MR) is 71.7 cm³/mol. The first kappa shape index (κ1) is 14.5. The highest BCUT2D eigenvalue weighted by atomic mass is 15.1. The van der Waals surface area contributed by atoms with E-state index in [1.54, 1.807) is 0 Å². The molecule has 0 aromatic heterocycles. The third-order valence-electron chi connectivity index (χ3n) is 4.09. The van der Waals surface area contributed by atoms with Gasteiger partial charge in [0.2, 0.25) is 0 Å². The maximum absolute atomic E-state index is 9.03. The SMILES string of the molecule is CNC(C)(C#N)CCCCN(C)CC1CC1C. The second-order valence-corrected chi connectivity index (χ2v) is 5.89. The van der Waals surface area contributed by atoms with E-state index in [9.17, 15) is 0 Å². The Hall–Kier alpha value is -0.590. The molecule has 1 aliphatic carbocycles. The highest BCUT2D eigenvalue weighted by Gasteiger charge is 2.32. The molecule has 1 fully saturated rings. The average Bonchev–Trinajstić information content (AvgIpc) is 3.00. The minimum atomic E-state index is -0.344. The van der Waals surface area contributed by atoms with Crippen molar-refractivity contribution in [2.24, 2.45) is 11.8 Å². The van der Waals surface area contributed by atoms with Gasteiger partial charge in [-0.1, -0.05) is 6.92 Å². The van der Waals surface area contributed by atoms with Crippen molar-refractivity contribution in [1.29, 1.82) is 5.26 Å². The van der Waals surface area contributed by atoms with E-state index < -0.39 is 0 Å². The van der Waals surface area contributed by atoms with Gasteiger partial charge in [0, 0.05) is 6.54 Å². The summed E-state index contributed by atoms with van der Waals surface area (Å²) in [7, 11) is 4.08. The molecule has 0 aromatic carbocycles. The molecule has 0 spiro atoms. The molecule has 98 valence electrons. The van der Waals surface area contributed by atoms with Gasteiger partial charge >= 0.3 is 0 Å². The van der Waals surface area contributed by atoms with Crippen LogP contribution in [0.1, 0.15) is 39.5 Å². The number of nitrogens with one attached hydrogen (secondary N) is 1. The second kappa shape index (κ2) is 6.37. The first-order valence-corrected chi connectivity index (χ1v) is 6.79. The largest absolute Gasteiger partial charge is 0.306 e. The molecule has 0 aromatic rings. The summed E-state index contributed by atoms with van der Waals surface area (Å²) in [6.07, 6.45) is 4.66. The standard InChI is InChI=1S/C14H27N3/c1-12-9-13(12)10-17(4)8-6-5-7-14(2,11-15)16-3/h12-13,16H,5-10H2,1-4H3. The lowest BCUT2D eigenvalue weighted by molar-refractivity contribution is 0.300. The normalized spacial score (nSPS) is 26.6. The molecule has 0 radical (unpaired) electrons. The summed E-state index contributed by atoms with van der Waals surface area (Å²) in [5.74, 6) is 1.89. The van der Waals surface area contributed by atoms with Crippen molar-refractivity contribution in [3.63, 3.8) is 0 Å². The number of hydrogen-bond donors (Lipinski definition) is 1. The van der Waals surface area contributed by atoms with Gasteiger partial charge < -0.3 is 10.2 Å². The van der Waals surface area contributed by atoms with Gasteiger partial charge in [0.1, 0.15) is 5.54 Å². The van der Waals surface area contributed by atoms with Gasteiger partial charge in [-0.2, -0.15) is 5.26 Å². The van der Waals surface area contributed by atoms with E-state index in [1.807, 2.05) is 14.0 Å². The fourth-order valence-corrected chi connectivity index (χ4v) is 2.24. The summed E-state index contributed by atoms with van der Waals surface area (Å²) in [4.78, 5) is 2.44. The van der Waals surface area contributed by atoms with E-state index in [2.05, 4.69) is 30.3 Å². The molecular formula is C14H27N3. The Kier molecular flexibility index (Phi) is 5.42. The van der Waals surface area contributed by atoms with Gasteiger partial charge in [0.05, 0.1) is 6.07 Å². The van der Waals surface area contributed by atoms with Crippen LogP contribution < -0.4 is 5.32 Å². The Bertz CT molecular complexity index is 271. The van der Waals surface area contributed by atoms with Crippen LogP contribution in [0.4, 0.5) is 0 Å². The Balaban J connectivity index is 2.05. The van der Waals surface area contributed by atoms with E-state index in [4.69, 9.17) is 5.26 Å². The van der Waals surface area contributed by atoms with Crippen LogP contribution in [0.3, 0.4) is 0 Å². The van der Waals surface area contributed by atoms with Crippen LogP contribution in [0.2, 0.25) is 0 Å². The zero-order valence-electron chi connectivity index (χ0n) is 11.8. The molecule has 0 heterocycles. The van der Waals surface area contributed by atoms with E-state index in [0.717, 1.165) is 31.2 Å². The quantitative estimate of drug-likeness (QED) is 0.658. The minimum absolute atomic E-state index is 0.344. The number of rotatable bonds is 8. The maximum atomic E-state index is 9.03.